The Hall–Kier alpha value is -1.62. The lowest BCUT2D eigenvalue weighted by molar-refractivity contribution is -0.145. The quantitative estimate of drug-likeness (QED) is 0.762. The maximum absolute atomic E-state index is 11.3. The van der Waals surface area contributed by atoms with Gasteiger partial charge in [-0.25, -0.2) is 4.98 Å². The maximum Gasteiger partial charge on any atom is 0.308 e. The van der Waals surface area contributed by atoms with E-state index in [-0.39, 0.29) is 17.9 Å². The highest BCUT2D eigenvalue weighted by molar-refractivity contribution is 5.71. The molecule has 1 N–H and O–H groups in total. The summed E-state index contributed by atoms with van der Waals surface area (Å²) in [5.41, 5.74) is 1.10. The molecular formula is C14H22N2O3. The van der Waals surface area contributed by atoms with E-state index in [1.54, 1.807) is 13.3 Å². The predicted molar refractivity (Wildman–Crippen MR) is 72.9 cm³/mol. The van der Waals surface area contributed by atoms with Crippen LogP contribution in [0.4, 0.5) is 0 Å². The molecule has 0 fully saturated rings. The number of carbonyl (C=O) groups is 1. The number of ether oxygens (including phenoxy) is 2. The fraction of sp³-hybridized carbons (Fsp3) is 0.571. The minimum Gasteiger partial charge on any atom is -0.481 e. The van der Waals surface area contributed by atoms with E-state index in [4.69, 9.17) is 9.47 Å². The lowest BCUT2D eigenvalue weighted by atomic mass is 10.0. The number of methoxy groups -OCH3 is 2. The normalized spacial score (nSPS) is 13.7. The molecule has 1 aromatic heterocycles. The minimum atomic E-state index is -0.167. The minimum absolute atomic E-state index is 0.0977. The zero-order chi connectivity index (χ0) is 14.3. The molecule has 0 spiro atoms. The van der Waals surface area contributed by atoms with Crippen molar-refractivity contribution in [2.75, 3.05) is 14.2 Å². The fourth-order valence-corrected chi connectivity index (χ4v) is 1.88. The summed E-state index contributed by atoms with van der Waals surface area (Å²) >= 11 is 0. The van der Waals surface area contributed by atoms with Gasteiger partial charge in [-0.15, -0.1) is 0 Å². The van der Waals surface area contributed by atoms with Crippen molar-refractivity contribution in [2.24, 2.45) is 5.92 Å². The van der Waals surface area contributed by atoms with Crippen LogP contribution in [0.3, 0.4) is 0 Å². The SMILES string of the molecule is COC(=O)C(C)CC(C)NCc1ccnc(OC)c1. The molecule has 19 heavy (non-hydrogen) atoms. The van der Waals surface area contributed by atoms with E-state index in [0.29, 0.717) is 12.4 Å². The van der Waals surface area contributed by atoms with Gasteiger partial charge >= 0.3 is 5.97 Å². The van der Waals surface area contributed by atoms with Gasteiger partial charge in [0.15, 0.2) is 0 Å². The molecule has 0 bridgehead atoms. The Bertz CT molecular complexity index is 409. The Morgan fingerprint density at radius 1 is 1.42 bits per heavy atom. The zero-order valence-electron chi connectivity index (χ0n) is 12.0. The van der Waals surface area contributed by atoms with E-state index in [2.05, 4.69) is 17.2 Å². The molecule has 5 heteroatoms. The first-order chi connectivity index (χ1) is 9.06. The van der Waals surface area contributed by atoms with Crippen molar-refractivity contribution >= 4 is 5.97 Å². The topological polar surface area (TPSA) is 60.5 Å². The van der Waals surface area contributed by atoms with E-state index in [1.807, 2.05) is 19.1 Å². The summed E-state index contributed by atoms with van der Waals surface area (Å²) in [6, 6.07) is 4.06. The van der Waals surface area contributed by atoms with Gasteiger partial charge in [0.2, 0.25) is 5.88 Å². The van der Waals surface area contributed by atoms with E-state index in [0.717, 1.165) is 12.0 Å². The van der Waals surface area contributed by atoms with Crippen LogP contribution in [0, 0.1) is 5.92 Å². The van der Waals surface area contributed by atoms with Crippen molar-refractivity contribution in [3.05, 3.63) is 23.9 Å². The molecule has 2 atom stereocenters. The zero-order valence-corrected chi connectivity index (χ0v) is 12.0. The third-order valence-corrected chi connectivity index (χ3v) is 2.97. The summed E-state index contributed by atoms with van der Waals surface area (Å²) in [4.78, 5) is 15.4. The lowest BCUT2D eigenvalue weighted by Crippen LogP contribution is -2.29. The number of nitrogens with one attached hydrogen (secondary N) is 1. The number of nitrogens with zero attached hydrogens (tertiary/aromatic N) is 1. The number of aromatic nitrogens is 1. The maximum atomic E-state index is 11.3. The molecule has 0 saturated carbocycles. The van der Waals surface area contributed by atoms with Crippen LogP contribution >= 0.6 is 0 Å². The number of carbonyl (C=O) groups excluding carboxylic acids is 1. The van der Waals surface area contributed by atoms with Crippen LogP contribution in [0.1, 0.15) is 25.8 Å². The molecule has 0 radical (unpaired) electrons. The molecule has 1 rings (SSSR count). The van der Waals surface area contributed by atoms with Gasteiger partial charge in [0, 0.05) is 24.8 Å². The molecular weight excluding hydrogens is 244 g/mol. The molecule has 2 unspecified atom stereocenters. The molecule has 0 aromatic carbocycles. The van der Waals surface area contributed by atoms with Crippen molar-refractivity contribution in [1.82, 2.24) is 10.3 Å². The molecule has 106 valence electrons. The highest BCUT2D eigenvalue weighted by Gasteiger charge is 2.16. The van der Waals surface area contributed by atoms with Gasteiger partial charge in [0.05, 0.1) is 20.1 Å². The molecule has 0 aliphatic carbocycles. The van der Waals surface area contributed by atoms with Crippen LogP contribution in [0.15, 0.2) is 18.3 Å². The first-order valence-corrected chi connectivity index (χ1v) is 6.37. The van der Waals surface area contributed by atoms with Gasteiger partial charge in [0.25, 0.3) is 0 Å². The van der Waals surface area contributed by atoms with Crippen LogP contribution in [-0.2, 0) is 16.1 Å². The highest BCUT2D eigenvalue weighted by atomic mass is 16.5. The van der Waals surface area contributed by atoms with Crippen LogP contribution in [0.5, 0.6) is 5.88 Å². The second kappa shape index (κ2) is 7.74. The smallest absolute Gasteiger partial charge is 0.308 e. The van der Waals surface area contributed by atoms with Gasteiger partial charge < -0.3 is 14.8 Å². The van der Waals surface area contributed by atoms with E-state index < -0.39 is 0 Å². The molecule has 0 aliphatic heterocycles. The van der Waals surface area contributed by atoms with Crippen molar-refractivity contribution in [3.63, 3.8) is 0 Å². The molecule has 0 saturated heterocycles. The standard InChI is InChI=1S/C14H22N2O3/c1-10(14(17)19-4)7-11(2)16-9-12-5-6-15-13(8-12)18-3/h5-6,8,10-11,16H,7,9H2,1-4H3. The van der Waals surface area contributed by atoms with Gasteiger partial charge in [-0.05, 0) is 25.0 Å². The van der Waals surface area contributed by atoms with Gasteiger partial charge in [0.1, 0.15) is 0 Å². The van der Waals surface area contributed by atoms with Crippen LogP contribution in [0.2, 0.25) is 0 Å². The molecule has 1 heterocycles. The molecule has 0 aliphatic rings. The fourth-order valence-electron chi connectivity index (χ4n) is 1.88. The van der Waals surface area contributed by atoms with Crippen LogP contribution in [0.25, 0.3) is 0 Å². The Morgan fingerprint density at radius 2 is 2.16 bits per heavy atom. The summed E-state index contributed by atoms with van der Waals surface area (Å²) in [7, 11) is 3.01. The Kier molecular flexibility index (Phi) is 6.29. The van der Waals surface area contributed by atoms with Crippen molar-refractivity contribution < 1.29 is 14.3 Å². The second-order valence-corrected chi connectivity index (χ2v) is 4.65. The number of pyridine rings is 1. The lowest BCUT2D eigenvalue weighted by Gasteiger charge is -2.17. The molecule has 5 nitrogen and oxygen atoms in total. The Labute approximate surface area is 114 Å². The first-order valence-electron chi connectivity index (χ1n) is 6.37. The van der Waals surface area contributed by atoms with Crippen molar-refractivity contribution in [1.29, 1.82) is 0 Å². The summed E-state index contributed by atoms with van der Waals surface area (Å²) in [6.45, 7) is 4.64. The van der Waals surface area contributed by atoms with Gasteiger partial charge in [-0.3, -0.25) is 4.79 Å². The summed E-state index contributed by atoms with van der Waals surface area (Å²) in [5, 5.41) is 3.37. The third kappa shape index (κ3) is 5.26. The van der Waals surface area contributed by atoms with Crippen LogP contribution in [-0.4, -0.2) is 31.2 Å². The Morgan fingerprint density at radius 3 is 2.79 bits per heavy atom. The molecule has 1 aromatic rings. The predicted octanol–water partition coefficient (Wildman–Crippen LogP) is 1.77. The monoisotopic (exact) mass is 266 g/mol. The third-order valence-electron chi connectivity index (χ3n) is 2.97. The van der Waals surface area contributed by atoms with Crippen molar-refractivity contribution in [2.45, 2.75) is 32.9 Å². The van der Waals surface area contributed by atoms with Crippen molar-refractivity contribution in [3.8, 4) is 5.88 Å². The van der Waals surface area contributed by atoms with E-state index in [9.17, 15) is 4.79 Å². The van der Waals surface area contributed by atoms with Gasteiger partial charge in [-0.1, -0.05) is 6.92 Å². The van der Waals surface area contributed by atoms with E-state index >= 15 is 0 Å². The number of esters is 1. The van der Waals surface area contributed by atoms with Gasteiger partial charge in [-0.2, -0.15) is 0 Å². The first kappa shape index (κ1) is 15.4. The Balaban J connectivity index is 2.41. The summed E-state index contributed by atoms with van der Waals surface area (Å²) in [5.74, 6) is 0.341. The number of hydrogen-bond acceptors (Lipinski definition) is 5. The highest BCUT2D eigenvalue weighted by Crippen LogP contribution is 2.11. The van der Waals surface area contributed by atoms with Crippen LogP contribution < -0.4 is 10.1 Å². The summed E-state index contributed by atoms with van der Waals surface area (Å²) in [6.07, 6.45) is 2.46. The average Bonchev–Trinajstić information content (AvgIpc) is 2.44. The number of hydrogen-bond donors (Lipinski definition) is 1. The molecule has 0 amide bonds. The summed E-state index contributed by atoms with van der Waals surface area (Å²) < 4.78 is 9.79. The average molecular weight is 266 g/mol. The largest absolute Gasteiger partial charge is 0.481 e. The number of rotatable bonds is 7. The second-order valence-electron chi connectivity index (χ2n) is 4.65. The van der Waals surface area contributed by atoms with E-state index in [1.165, 1.54) is 7.11 Å².